The van der Waals surface area contributed by atoms with Crippen LogP contribution in [0, 0.1) is 6.92 Å². The van der Waals surface area contributed by atoms with E-state index in [0.717, 1.165) is 16.7 Å². The minimum Gasteiger partial charge on any atom is -0.398 e. The van der Waals surface area contributed by atoms with E-state index in [-0.39, 0.29) is 0 Å². The zero-order valence-electron chi connectivity index (χ0n) is 9.60. The van der Waals surface area contributed by atoms with Crippen molar-refractivity contribution in [2.24, 2.45) is 5.73 Å². The highest BCUT2D eigenvalue weighted by molar-refractivity contribution is 6.01. The number of nitrogen functional groups attached to an aromatic ring is 1. The van der Waals surface area contributed by atoms with Crippen LogP contribution in [-0.4, -0.2) is 5.91 Å². The largest absolute Gasteiger partial charge is 0.398 e. The first kappa shape index (κ1) is 11.2. The average Bonchev–Trinajstić information content (AvgIpc) is 2.29. The lowest BCUT2D eigenvalue weighted by Gasteiger charge is -2.09. The number of carbonyl (C=O) groups is 1. The van der Waals surface area contributed by atoms with Gasteiger partial charge in [0.2, 0.25) is 0 Å². The van der Waals surface area contributed by atoms with Gasteiger partial charge in [-0.25, -0.2) is 0 Å². The summed E-state index contributed by atoms with van der Waals surface area (Å²) in [7, 11) is 0. The summed E-state index contributed by atoms with van der Waals surface area (Å²) in [6.45, 7) is 2.01. The SMILES string of the molecule is Cc1cccc(-c2cccc(C(N)=O)c2N)c1. The van der Waals surface area contributed by atoms with Crippen LogP contribution in [0.25, 0.3) is 11.1 Å². The van der Waals surface area contributed by atoms with E-state index in [0.29, 0.717) is 11.3 Å². The molecule has 0 bridgehead atoms. The molecule has 0 saturated carbocycles. The molecule has 0 aliphatic rings. The van der Waals surface area contributed by atoms with Crippen LogP contribution in [-0.2, 0) is 0 Å². The van der Waals surface area contributed by atoms with E-state index in [2.05, 4.69) is 0 Å². The van der Waals surface area contributed by atoms with Crippen molar-refractivity contribution >= 4 is 11.6 Å². The monoisotopic (exact) mass is 226 g/mol. The molecule has 17 heavy (non-hydrogen) atoms. The number of hydrogen-bond acceptors (Lipinski definition) is 2. The van der Waals surface area contributed by atoms with Crippen LogP contribution in [0.3, 0.4) is 0 Å². The summed E-state index contributed by atoms with van der Waals surface area (Å²) in [5.41, 5.74) is 15.0. The fourth-order valence-corrected chi connectivity index (χ4v) is 1.84. The molecule has 0 spiro atoms. The highest BCUT2D eigenvalue weighted by atomic mass is 16.1. The van der Waals surface area contributed by atoms with Crippen molar-refractivity contribution < 1.29 is 4.79 Å². The molecule has 2 aromatic carbocycles. The third kappa shape index (κ3) is 2.13. The molecule has 3 nitrogen and oxygen atoms in total. The molecule has 4 N–H and O–H groups in total. The van der Waals surface area contributed by atoms with Gasteiger partial charge in [0.25, 0.3) is 5.91 Å². The summed E-state index contributed by atoms with van der Waals surface area (Å²) < 4.78 is 0. The van der Waals surface area contributed by atoms with E-state index in [1.165, 1.54) is 0 Å². The summed E-state index contributed by atoms with van der Waals surface area (Å²) in [6.07, 6.45) is 0. The van der Waals surface area contributed by atoms with Crippen LogP contribution in [0.5, 0.6) is 0 Å². The third-order valence-corrected chi connectivity index (χ3v) is 2.70. The Balaban J connectivity index is 2.60. The molecule has 86 valence electrons. The number of carbonyl (C=O) groups excluding carboxylic acids is 1. The van der Waals surface area contributed by atoms with E-state index in [9.17, 15) is 4.79 Å². The lowest BCUT2D eigenvalue weighted by atomic mass is 9.99. The van der Waals surface area contributed by atoms with Crippen LogP contribution < -0.4 is 11.5 Å². The molecule has 0 saturated heterocycles. The number of rotatable bonds is 2. The maximum Gasteiger partial charge on any atom is 0.250 e. The van der Waals surface area contributed by atoms with Crippen molar-refractivity contribution in [3.63, 3.8) is 0 Å². The summed E-state index contributed by atoms with van der Waals surface area (Å²) in [5, 5.41) is 0. The molecule has 0 aliphatic heterocycles. The van der Waals surface area contributed by atoms with Crippen LogP contribution in [0.4, 0.5) is 5.69 Å². The van der Waals surface area contributed by atoms with Gasteiger partial charge in [-0.1, -0.05) is 42.0 Å². The second-order valence-electron chi connectivity index (χ2n) is 4.00. The number of amides is 1. The summed E-state index contributed by atoms with van der Waals surface area (Å²) >= 11 is 0. The molecular formula is C14H14N2O. The van der Waals surface area contributed by atoms with Crippen LogP contribution in [0.15, 0.2) is 42.5 Å². The number of aryl methyl sites for hydroxylation is 1. The third-order valence-electron chi connectivity index (χ3n) is 2.70. The molecule has 0 aliphatic carbocycles. The van der Waals surface area contributed by atoms with Gasteiger partial charge in [0, 0.05) is 5.56 Å². The van der Waals surface area contributed by atoms with E-state index in [1.54, 1.807) is 12.1 Å². The molecule has 0 heterocycles. The quantitative estimate of drug-likeness (QED) is 0.772. The van der Waals surface area contributed by atoms with Crippen molar-refractivity contribution in [1.29, 1.82) is 0 Å². The topological polar surface area (TPSA) is 69.1 Å². The number of benzene rings is 2. The maximum atomic E-state index is 11.2. The van der Waals surface area contributed by atoms with E-state index in [1.807, 2.05) is 37.3 Å². The predicted molar refractivity (Wildman–Crippen MR) is 69.5 cm³/mol. The van der Waals surface area contributed by atoms with Gasteiger partial charge < -0.3 is 11.5 Å². The van der Waals surface area contributed by atoms with Gasteiger partial charge in [-0.15, -0.1) is 0 Å². The zero-order valence-corrected chi connectivity index (χ0v) is 9.60. The first-order valence-electron chi connectivity index (χ1n) is 5.35. The molecule has 0 atom stereocenters. The van der Waals surface area contributed by atoms with E-state index in [4.69, 9.17) is 11.5 Å². The van der Waals surface area contributed by atoms with E-state index < -0.39 is 5.91 Å². The minimum absolute atomic E-state index is 0.365. The van der Waals surface area contributed by atoms with Gasteiger partial charge in [-0.2, -0.15) is 0 Å². The zero-order chi connectivity index (χ0) is 12.4. The van der Waals surface area contributed by atoms with Gasteiger partial charge in [0.05, 0.1) is 11.3 Å². The number of hydrogen-bond donors (Lipinski definition) is 2. The highest BCUT2D eigenvalue weighted by Gasteiger charge is 2.10. The highest BCUT2D eigenvalue weighted by Crippen LogP contribution is 2.28. The molecule has 0 unspecified atom stereocenters. The summed E-state index contributed by atoms with van der Waals surface area (Å²) in [6, 6.07) is 13.3. The van der Waals surface area contributed by atoms with Crippen LogP contribution in [0.1, 0.15) is 15.9 Å². The predicted octanol–water partition coefficient (Wildman–Crippen LogP) is 2.34. The Kier molecular flexibility index (Phi) is 2.83. The molecule has 2 aromatic rings. The Morgan fingerprint density at radius 1 is 1.12 bits per heavy atom. The van der Waals surface area contributed by atoms with Crippen molar-refractivity contribution in [3.8, 4) is 11.1 Å². The van der Waals surface area contributed by atoms with Gasteiger partial charge in [-0.05, 0) is 18.6 Å². The smallest absolute Gasteiger partial charge is 0.250 e. The molecular weight excluding hydrogens is 212 g/mol. The van der Waals surface area contributed by atoms with Gasteiger partial charge >= 0.3 is 0 Å². The second kappa shape index (κ2) is 4.29. The van der Waals surface area contributed by atoms with Crippen LogP contribution >= 0.6 is 0 Å². The van der Waals surface area contributed by atoms with E-state index >= 15 is 0 Å². The number of para-hydroxylation sites is 1. The van der Waals surface area contributed by atoms with Gasteiger partial charge in [-0.3, -0.25) is 4.79 Å². The molecule has 2 rings (SSSR count). The summed E-state index contributed by atoms with van der Waals surface area (Å²) in [4.78, 5) is 11.2. The maximum absolute atomic E-state index is 11.2. The minimum atomic E-state index is -0.503. The molecule has 1 amide bonds. The Morgan fingerprint density at radius 3 is 2.47 bits per heavy atom. The van der Waals surface area contributed by atoms with Gasteiger partial charge in [0.1, 0.15) is 0 Å². The first-order valence-corrected chi connectivity index (χ1v) is 5.35. The Hall–Kier alpha value is -2.29. The van der Waals surface area contributed by atoms with Gasteiger partial charge in [0.15, 0.2) is 0 Å². The first-order chi connectivity index (χ1) is 8.09. The van der Waals surface area contributed by atoms with Crippen molar-refractivity contribution in [2.45, 2.75) is 6.92 Å². The van der Waals surface area contributed by atoms with Crippen LogP contribution in [0.2, 0.25) is 0 Å². The lowest BCUT2D eigenvalue weighted by Crippen LogP contribution is -2.13. The molecule has 0 aromatic heterocycles. The number of anilines is 1. The normalized spacial score (nSPS) is 10.2. The Bertz CT molecular complexity index is 576. The fourth-order valence-electron chi connectivity index (χ4n) is 1.84. The number of nitrogens with two attached hydrogens (primary N) is 2. The lowest BCUT2D eigenvalue weighted by molar-refractivity contribution is 0.100. The van der Waals surface area contributed by atoms with Crippen molar-refractivity contribution in [3.05, 3.63) is 53.6 Å². The van der Waals surface area contributed by atoms with Crippen molar-refractivity contribution in [2.75, 3.05) is 5.73 Å². The average molecular weight is 226 g/mol. The summed E-state index contributed by atoms with van der Waals surface area (Å²) in [5.74, 6) is -0.503. The fraction of sp³-hybridized carbons (Fsp3) is 0.0714. The van der Waals surface area contributed by atoms with Crippen molar-refractivity contribution in [1.82, 2.24) is 0 Å². The molecule has 0 radical (unpaired) electrons. The Morgan fingerprint density at radius 2 is 1.82 bits per heavy atom. The molecule has 3 heteroatoms. The second-order valence-corrected chi connectivity index (χ2v) is 4.00. The molecule has 0 fully saturated rings. The Labute approximate surface area is 100 Å². The standard InChI is InChI=1S/C14H14N2O/c1-9-4-2-5-10(8-9)11-6-3-7-12(13(11)15)14(16)17/h2-8H,15H2,1H3,(H2,16,17). The number of primary amides is 1.